The Bertz CT molecular complexity index is 520. The predicted molar refractivity (Wildman–Crippen MR) is 82.1 cm³/mol. The summed E-state index contributed by atoms with van der Waals surface area (Å²) in [5.41, 5.74) is 3.85. The average Bonchev–Trinajstić information content (AvgIpc) is 2.46. The number of hydrogen-bond donors (Lipinski definition) is 0. The second-order valence-electron chi connectivity index (χ2n) is 5.00. The van der Waals surface area contributed by atoms with Crippen molar-refractivity contribution >= 4 is 0 Å². The molecular weight excluding hydrogens is 248 g/mol. The van der Waals surface area contributed by atoms with E-state index in [2.05, 4.69) is 32.0 Å². The van der Waals surface area contributed by atoms with Crippen molar-refractivity contribution in [3.8, 4) is 5.75 Å². The van der Waals surface area contributed by atoms with Gasteiger partial charge in [0.15, 0.2) is 0 Å². The van der Waals surface area contributed by atoms with E-state index in [-0.39, 0.29) is 0 Å². The molecular formula is C18H22O2. The van der Waals surface area contributed by atoms with Crippen LogP contribution >= 0.6 is 0 Å². The second-order valence-corrected chi connectivity index (χ2v) is 5.00. The highest BCUT2D eigenvalue weighted by Crippen LogP contribution is 2.12. The van der Waals surface area contributed by atoms with Crippen LogP contribution in [-0.4, -0.2) is 13.2 Å². The summed E-state index contributed by atoms with van der Waals surface area (Å²) in [7, 11) is 0. The van der Waals surface area contributed by atoms with Crippen LogP contribution in [0.15, 0.2) is 48.5 Å². The minimum Gasteiger partial charge on any atom is -0.494 e. The molecule has 0 aliphatic rings. The van der Waals surface area contributed by atoms with E-state index in [0.717, 1.165) is 18.8 Å². The summed E-state index contributed by atoms with van der Waals surface area (Å²) < 4.78 is 11.3. The van der Waals surface area contributed by atoms with Gasteiger partial charge in [0.1, 0.15) is 5.75 Å². The van der Waals surface area contributed by atoms with Crippen LogP contribution in [0.2, 0.25) is 0 Å². The molecule has 0 aliphatic heterocycles. The summed E-state index contributed by atoms with van der Waals surface area (Å²) in [5.74, 6) is 0.918. The summed E-state index contributed by atoms with van der Waals surface area (Å²) in [5, 5.41) is 0. The molecule has 2 nitrogen and oxygen atoms in total. The lowest BCUT2D eigenvalue weighted by Gasteiger charge is -2.09. The third kappa shape index (κ3) is 4.71. The molecule has 0 N–H and O–H groups in total. The zero-order valence-corrected chi connectivity index (χ0v) is 12.3. The van der Waals surface area contributed by atoms with E-state index in [1.165, 1.54) is 16.7 Å². The van der Waals surface area contributed by atoms with Crippen molar-refractivity contribution < 1.29 is 9.47 Å². The molecule has 0 saturated carbocycles. The predicted octanol–water partition coefficient (Wildman–Crippen LogP) is 4.29. The zero-order chi connectivity index (χ0) is 14.2. The molecule has 2 aromatic rings. The van der Waals surface area contributed by atoms with E-state index in [9.17, 15) is 0 Å². The smallest absolute Gasteiger partial charge is 0.119 e. The number of hydrogen-bond acceptors (Lipinski definition) is 2. The van der Waals surface area contributed by atoms with Crippen LogP contribution in [0.25, 0.3) is 0 Å². The largest absolute Gasteiger partial charge is 0.494 e. The van der Waals surface area contributed by atoms with Crippen molar-refractivity contribution in [2.45, 2.75) is 26.9 Å². The standard InChI is InChI=1S/C18H22O2/c1-15-9-10-17(16(2)13-15)14-19-11-6-12-20-18-7-4-3-5-8-18/h3-5,7-10,13H,6,11-12,14H2,1-2H3. The third-order valence-electron chi connectivity index (χ3n) is 3.20. The minimum absolute atomic E-state index is 0.678. The quantitative estimate of drug-likeness (QED) is 0.699. The molecule has 0 amide bonds. The van der Waals surface area contributed by atoms with Gasteiger partial charge < -0.3 is 9.47 Å². The monoisotopic (exact) mass is 270 g/mol. The van der Waals surface area contributed by atoms with Crippen molar-refractivity contribution in [2.24, 2.45) is 0 Å². The van der Waals surface area contributed by atoms with Gasteiger partial charge in [-0.05, 0) is 37.1 Å². The molecule has 0 unspecified atom stereocenters. The molecule has 0 aliphatic carbocycles. The maximum atomic E-state index is 5.70. The highest BCUT2D eigenvalue weighted by atomic mass is 16.5. The van der Waals surface area contributed by atoms with Gasteiger partial charge in [-0.15, -0.1) is 0 Å². The minimum atomic E-state index is 0.678. The molecule has 0 bridgehead atoms. The van der Waals surface area contributed by atoms with Crippen LogP contribution < -0.4 is 4.74 Å². The lowest BCUT2D eigenvalue weighted by atomic mass is 10.1. The van der Waals surface area contributed by atoms with Gasteiger partial charge in [-0.25, -0.2) is 0 Å². The van der Waals surface area contributed by atoms with Crippen LogP contribution in [0, 0.1) is 13.8 Å². The Morgan fingerprint density at radius 3 is 2.45 bits per heavy atom. The van der Waals surface area contributed by atoms with E-state index >= 15 is 0 Å². The van der Waals surface area contributed by atoms with Gasteiger partial charge in [-0.2, -0.15) is 0 Å². The van der Waals surface area contributed by atoms with Crippen molar-refractivity contribution in [3.05, 3.63) is 65.2 Å². The molecule has 2 heteroatoms. The summed E-state index contributed by atoms with van der Waals surface area (Å²) in [6, 6.07) is 16.3. The zero-order valence-electron chi connectivity index (χ0n) is 12.3. The van der Waals surface area contributed by atoms with Crippen molar-refractivity contribution in [1.82, 2.24) is 0 Å². The molecule has 106 valence electrons. The first kappa shape index (κ1) is 14.6. The van der Waals surface area contributed by atoms with Crippen molar-refractivity contribution in [2.75, 3.05) is 13.2 Å². The van der Waals surface area contributed by atoms with Gasteiger partial charge in [-0.3, -0.25) is 0 Å². The van der Waals surface area contributed by atoms with Gasteiger partial charge in [0.2, 0.25) is 0 Å². The Labute approximate surface area is 121 Å². The number of benzene rings is 2. The molecule has 0 spiro atoms. The van der Waals surface area contributed by atoms with E-state index in [1.54, 1.807) is 0 Å². The lowest BCUT2D eigenvalue weighted by molar-refractivity contribution is 0.107. The average molecular weight is 270 g/mol. The topological polar surface area (TPSA) is 18.5 Å². The third-order valence-corrected chi connectivity index (χ3v) is 3.20. The Morgan fingerprint density at radius 2 is 1.70 bits per heavy atom. The van der Waals surface area contributed by atoms with Gasteiger partial charge in [-0.1, -0.05) is 42.0 Å². The number of ether oxygens (including phenoxy) is 2. The van der Waals surface area contributed by atoms with Crippen LogP contribution in [0.4, 0.5) is 0 Å². The SMILES string of the molecule is Cc1ccc(COCCCOc2ccccc2)c(C)c1. The maximum Gasteiger partial charge on any atom is 0.119 e. The van der Waals surface area contributed by atoms with Crippen molar-refractivity contribution in [3.63, 3.8) is 0 Å². The van der Waals surface area contributed by atoms with Crippen LogP contribution in [0.3, 0.4) is 0 Å². The molecule has 0 heterocycles. The molecule has 0 aromatic heterocycles. The second kappa shape index (κ2) is 7.71. The normalized spacial score (nSPS) is 10.5. The lowest BCUT2D eigenvalue weighted by Crippen LogP contribution is -2.03. The van der Waals surface area contributed by atoms with E-state index < -0.39 is 0 Å². The Hall–Kier alpha value is -1.80. The van der Waals surface area contributed by atoms with Crippen LogP contribution in [0.1, 0.15) is 23.1 Å². The molecule has 0 radical (unpaired) electrons. The fourth-order valence-electron chi connectivity index (χ4n) is 2.06. The highest BCUT2D eigenvalue weighted by Gasteiger charge is 1.99. The molecule has 20 heavy (non-hydrogen) atoms. The van der Waals surface area contributed by atoms with Gasteiger partial charge in [0, 0.05) is 6.42 Å². The first-order valence-electron chi connectivity index (χ1n) is 7.07. The van der Waals surface area contributed by atoms with Gasteiger partial charge >= 0.3 is 0 Å². The molecule has 0 atom stereocenters. The summed E-state index contributed by atoms with van der Waals surface area (Å²) in [4.78, 5) is 0. The first-order valence-corrected chi connectivity index (χ1v) is 7.07. The molecule has 0 fully saturated rings. The Kier molecular flexibility index (Phi) is 5.63. The molecule has 2 rings (SSSR count). The number of para-hydroxylation sites is 1. The van der Waals surface area contributed by atoms with Crippen LogP contribution in [0.5, 0.6) is 5.75 Å². The maximum absolute atomic E-state index is 5.70. The van der Waals surface area contributed by atoms with E-state index in [4.69, 9.17) is 9.47 Å². The van der Waals surface area contributed by atoms with E-state index in [1.807, 2.05) is 30.3 Å². The number of aryl methyl sites for hydroxylation is 2. The van der Waals surface area contributed by atoms with E-state index in [0.29, 0.717) is 13.2 Å². The number of rotatable bonds is 7. The fourth-order valence-corrected chi connectivity index (χ4v) is 2.06. The molecule has 2 aromatic carbocycles. The van der Waals surface area contributed by atoms with Gasteiger partial charge in [0.25, 0.3) is 0 Å². The Balaban J connectivity index is 1.62. The Morgan fingerprint density at radius 1 is 0.900 bits per heavy atom. The summed E-state index contributed by atoms with van der Waals surface area (Å²) in [6.07, 6.45) is 0.903. The summed E-state index contributed by atoms with van der Waals surface area (Å²) in [6.45, 7) is 6.33. The molecule has 0 saturated heterocycles. The van der Waals surface area contributed by atoms with Gasteiger partial charge in [0.05, 0.1) is 19.8 Å². The first-order chi connectivity index (χ1) is 9.75. The fraction of sp³-hybridized carbons (Fsp3) is 0.333. The summed E-state index contributed by atoms with van der Waals surface area (Å²) >= 11 is 0. The highest BCUT2D eigenvalue weighted by molar-refractivity contribution is 5.29. The van der Waals surface area contributed by atoms with Crippen LogP contribution in [-0.2, 0) is 11.3 Å². The van der Waals surface area contributed by atoms with Crippen molar-refractivity contribution in [1.29, 1.82) is 0 Å².